The highest BCUT2D eigenvalue weighted by atomic mass is 16.5. The molecule has 1 aliphatic rings. The maximum absolute atomic E-state index is 11.9. The zero-order valence-electron chi connectivity index (χ0n) is 14.3. The third-order valence-electron chi connectivity index (χ3n) is 4.13. The Morgan fingerprint density at radius 2 is 2.00 bits per heavy atom. The average Bonchev–Trinajstić information content (AvgIpc) is 2.67. The number of nitrogens with one attached hydrogen (secondary N) is 1. The summed E-state index contributed by atoms with van der Waals surface area (Å²) in [5.74, 6) is 0.804. The quantitative estimate of drug-likeness (QED) is 0.827. The first-order chi connectivity index (χ1) is 12.2. The maximum atomic E-state index is 11.9. The van der Waals surface area contributed by atoms with E-state index in [0.717, 1.165) is 30.8 Å². The van der Waals surface area contributed by atoms with E-state index in [1.807, 2.05) is 43.3 Å². The van der Waals surface area contributed by atoms with Crippen LogP contribution in [0.3, 0.4) is 0 Å². The Morgan fingerprint density at radius 3 is 2.64 bits per heavy atom. The number of aryl methyl sites for hydroxylation is 1. The number of benzene rings is 1. The molecule has 2 aromatic rings. The fourth-order valence-electron chi connectivity index (χ4n) is 2.76. The van der Waals surface area contributed by atoms with Crippen LogP contribution in [0.15, 0.2) is 36.4 Å². The molecule has 7 heteroatoms. The van der Waals surface area contributed by atoms with Crippen molar-refractivity contribution in [3.8, 4) is 0 Å². The van der Waals surface area contributed by atoms with E-state index in [1.54, 1.807) is 0 Å². The van der Waals surface area contributed by atoms with Crippen LogP contribution >= 0.6 is 0 Å². The van der Waals surface area contributed by atoms with Crippen LogP contribution in [0.1, 0.15) is 24.2 Å². The van der Waals surface area contributed by atoms with Gasteiger partial charge in [0.25, 0.3) is 0 Å². The second kappa shape index (κ2) is 7.94. The molecule has 1 fully saturated rings. The summed E-state index contributed by atoms with van der Waals surface area (Å²) in [6.45, 7) is 4.87. The van der Waals surface area contributed by atoms with Gasteiger partial charge < -0.3 is 20.7 Å². The van der Waals surface area contributed by atoms with Crippen LogP contribution in [0, 0.1) is 0 Å². The Hall–Kier alpha value is -2.67. The SMILES string of the molecule is CCc1cc(N[C@H](C(N)=O)c2ccccc2)nc(N2CCOCC2)n1. The molecule has 3 N–H and O–H groups in total. The van der Waals surface area contributed by atoms with E-state index in [0.29, 0.717) is 25.0 Å². The second-order valence-corrected chi connectivity index (χ2v) is 5.89. The molecular formula is C18H23N5O2. The number of rotatable bonds is 6. The summed E-state index contributed by atoms with van der Waals surface area (Å²) in [5, 5.41) is 3.17. The van der Waals surface area contributed by atoms with Crippen molar-refractivity contribution in [1.82, 2.24) is 9.97 Å². The van der Waals surface area contributed by atoms with Gasteiger partial charge in [-0.15, -0.1) is 0 Å². The number of amides is 1. The third kappa shape index (κ3) is 4.24. The highest BCUT2D eigenvalue weighted by Crippen LogP contribution is 2.21. The van der Waals surface area contributed by atoms with Crippen molar-refractivity contribution >= 4 is 17.7 Å². The molecule has 3 rings (SSSR count). The van der Waals surface area contributed by atoms with Gasteiger partial charge in [0.1, 0.15) is 11.9 Å². The van der Waals surface area contributed by atoms with Gasteiger partial charge in [0.2, 0.25) is 11.9 Å². The van der Waals surface area contributed by atoms with Crippen molar-refractivity contribution in [2.45, 2.75) is 19.4 Å². The Kier molecular flexibility index (Phi) is 5.45. The third-order valence-corrected chi connectivity index (χ3v) is 4.13. The standard InChI is InChI=1S/C18H23N5O2/c1-2-14-12-15(22-18(20-14)23-8-10-25-11-9-23)21-16(17(19)24)13-6-4-3-5-7-13/h3-7,12,16H,2,8-11H2,1H3,(H2,19,24)(H,20,21,22)/t16-/m0/s1. The number of carbonyl (C=O) groups excluding carboxylic acids is 1. The number of anilines is 2. The molecule has 0 bridgehead atoms. The van der Waals surface area contributed by atoms with Crippen molar-refractivity contribution < 1.29 is 9.53 Å². The highest BCUT2D eigenvalue weighted by Gasteiger charge is 2.20. The van der Waals surface area contributed by atoms with Crippen molar-refractivity contribution in [2.24, 2.45) is 5.73 Å². The second-order valence-electron chi connectivity index (χ2n) is 5.89. The molecule has 132 valence electrons. The lowest BCUT2D eigenvalue weighted by Gasteiger charge is -2.27. The number of nitrogens with zero attached hydrogens (tertiary/aromatic N) is 3. The van der Waals surface area contributed by atoms with E-state index in [-0.39, 0.29) is 0 Å². The molecule has 1 aromatic carbocycles. The highest BCUT2D eigenvalue weighted by molar-refractivity contribution is 5.84. The van der Waals surface area contributed by atoms with E-state index in [9.17, 15) is 4.79 Å². The molecule has 1 aliphatic heterocycles. The number of primary amides is 1. The van der Waals surface area contributed by atoms with Gasteiger partial charge in [0.05, 0.1) is 13.2 Å². The number of ether oxygens (including phenoxy) is 1. The fourth-order valence-corrected chi connectivity index (χ4v) is 2.76. The lowest BCUT2D eigenvalue weighted by molar-refractivity contribution is -0.118. The number of morpholine rings is 1. The predicted molar refractivity (Wildman–Crippen MR) is 96.4 cm³/mol. The van der Waals surface area contributed by atoms with E-state index in [2.05, 4.69) is 20.2 Å². The number of aromatic nitrogens is 2. The van der Waals surface area contributed by atoms with Crippen LogP contribution in [0.2, 0.25) is 0 Å². The molecule has 2 heterocycles. The average molecular weight is 341 g/mol. The normalized spacial score (nSPS) is 15.6. The van der Waals surface area contributed by atoms with Gasteiger partial charge >= 0.3 is 0 Å². The molecule has 1 aromatic heterocycles. The zero-order chi connectivity index (χ0) is 17.6. The number of nitrogens with two attached hydrogens (primary N) is 1. The number of hydrogen-bond acceptors (Lipinski definition) is 6. The molecule has 25 heavy (non-hydrogen) atoms. The zero-order valence-corrected chi connectivity index (χ0v) is 14.3. The first kappa shape index (κ1) is 17.2. The van der Waals surface area contributed by atoms with E-state index < -0.39 is 11.9 Å². The predicted octanol–water partition coefficient (Wildman–Crippen LogP) is 1.51. The molecule has 0 saturated carbocycles. The van der Waals surface area contributed by atoms with Gasteiger partial charge in [-0.2, -0.15) is 4.98 Å². The molecule has 1 atom stereocenters. The first-order valence-electron chi connectivity index (χ1n) is 8.49. The number of carbonyl (C=O) groups is 1. The van der Waals surface area contributed by atoms with Gasteiger partial charge in [0, 0.05) is 24.8 Å². The van der Waals surface area contributed by atoms with Crippen LogP contribution in [0.25, 0.3) is 0 Å². The largest absolute Gasteiger partial charge is 0.378 e. The van der Waals surface area contributed by atoms with Crippen molar-refractivity contribution in [3.63, 3.8) is 0 Å². The minimum absolute atomic E-state index is 0.448. The summed E-state index contributed by atoms with van der Waals surface area (Å²) in [6.07, 6.45) is 0.779. The number of hydrogen-bond donors (Lipinski definition) is 2. The van der Waals surface area contributed by atoms with Gasteiger partial charge in [-0.05, 0) is 12.0 Å². The van der Waals surface area contributed by atoms with E-state index >= 15 is 0 Å². The molecule has 1 saturated heterocycles. The maximum Gasteiger partial charge on any atom is 0.244 e. The molecule has 1 amide bonds. The van der Waals surface area contributed by atoms with Crippen molar-refractivity contribution in [3.05, 3.63) is 47.7 Å². The topological polar surface area (TPSA) is 93.4 Å². The van der Waals surface area contributed by atoms with Gasteiger partial charge in [0.15, 0.2) is 0 Å². The van der Waals surface area contributed by atoms with E-state index in [1.165, 1.54) is 0 Å². The summed E-state index contributed by atoms with van der Waals surface area (Å²) in [4.78, 5) is 23.2. The van der Waals surface area contributed by atoms with Crippen LogP contribution in [0.5, 0.6) is 0 Å². The molecule has 0 unspecified atom stereocenters. The van der Waals surface area contributed by atoms with Gasteiger partial charge in [-0.3, -0.25) is 4.79 Å². The van der Waals surface area contributed by atoms with Crippen molar-refractivity contribution in [1.29, 1.82) is 0 Å². The Labute approximate surface area is 147 Å². The van der Waals surface area contributed by atoms with Gasteiger partial charge in [-0.1, -0.05) is 37.3 Å². The Morgan fingerprint density at radius 1 is 1.28 bits per heavy atom. The summed E-state index contributed by atoms with van der Waals surface area (Å²) in [5.41, 5.74) is 7.31. The minimum Gasteiger partial charge on any atom is -0.378 e. The summed E-state index contributed by atoms with van der Waals surface area (Å²) in [7, 11) is 0. The molecular weight excluding hydrogens is 318 g/mol. The lowest BCUT2D eigenvalue weighted by Crippen LogP contribution is -2.37. The summed E-state index contributed by atoms with van der Waals surface area (Å²) in [6, 6.07) is 10.6. The molecule has 7 nitrogen and oxygen atoms in total. The first-order valence-corrected chi connectivity index (χ1v) is 8.49. The minimum atomic E-state index is -0.640. The Balaban J connectivity index is 1.88. The Bertz CT molecular complexity index is 717. The van der Waals surface area contributed by atoms with Gasteiger partial charge in [-0.25, -0.2) is 4.98 Å². The summed E-state index contributed by atoms with van der Waals surface area (Å²) >= 11 is 0. The molecule has 0 radical (unpaired) electrons. The molecule has 0 aliphatic carbocycles. The van der Waals surface area contributed by atoms with Crippen LogP contribution < -0.4 is 16.0 Å². The van der Waals surface area contributed by atoms with Crippen LogP contribution in [-0.2, 0) is 16.0 Å². The summed E-state index contributed by atoms with van der Waals surface area (Å²) < 4.78 is 5.39. The fraction of sp³-hybridized carbons (Fsp3) is 0.389. The lowest BCUT2D eigenvalue weighted by atomic mass is 10.1. The van der Waals surface area contributed by atoms with Crippen LogP contribution in [0.4, 0.5) is 11.8 Å². The monoisotopic (exact) mass is 341 g/mol. The van der Waals surface area contributed by atoms with Crippen LogP contribution in [-0.4, -0.2) is 42.2 Å². The smallest absolute Gasteiger partial charge is 0.244 e. The van der Waals surface area contributed by atoms with Crippen molar-refractivity contribution in [2.75, 3.05) is 36.5 Å². The molecule has 0 spiro atoms. The van der Waals surface area contributed by atoms with E-state index in [4.69, 9.17) is 10.5 Å².